The quantitative estimate of drug-likeness (QED) is 0.916. The van der Waals surface area contributed by atoms with Crippen LogP contribution in [0.2, 0.25) is 0 Å². The summed E-state index contributed by atoms with van der Waals surface area (Å²) in [5.41, 5.74) is 7.34. The van der Waals surface area contributed by atoms with Crippen LogP contribution in [-0.2, 0) is 6.18 Å². The van der Waals surface area contributed by atoms with Gasteiger partial charge in [-0.25, -0.2) is 4.98 Å². The lowest BCUT2D eigenvalue weighted by molar-refractivity contribution is -0.145. The van der Waals surface area contributed by atoms with E-state index in [1.54, 1.807) is 18.2 Å². The van der Waals surface area contributed by atoms with E-state index in [1.807, 2.05) is 13.8 Å². The molecular formula is C13H12F3N3O. The second-order valence-electron chi connectivity index (χ2n) is 4.30. The highest BCUT2D eigenvalue weighted by Crippen LogP contribution is 2.30. The van der Waals surface area contributed by atoms with E-state index in [4.69, 9.17) is 10.5 Å². The molecule has 1 aromatic heterocycles. The summed E-state index contributed by atoms with van der Waals surface area (Å²) in [5, 5.41) is 0. The van der Waals surface area contributed by atoms with Gasteiger partial charge in [-0.05, 0) is 37.1 Å². The van der Waals surface area contributed by atoms with Gasteiger partial charge < -0.3 is 10.5 Å². The van der Waals surface area contributed by atoms with Gasteiger partial charge in [-0.15, -0.1) is 0 Å². The van der Waals surface area contributed by atoms with Gasteiger partial charge in [0.2, 0.25) is 11.7 Å². The molecule has 1 aromatic carbocycles. The minimum atomic E-state index is -4.67. The van der Waals surface area contributed by atoms with E-state index in [0.29, 0.717) is 5.75 Å². The molecule has 2 aromatic rings. The highest BCUT2D eigenvalue weighted by atomic mass is 19.4. The highest BCUT2D eigenvalue weighted by Gasteiger charge is 2.35. The normalized spacial score (nSPS) is 11.4. The number of rotatable bonds is 2. The highest BCUT2D eigenvalue weighted by molar-refractivity contribution is 5.39. The number of nitrogen functional groups attached to an aromatic ring is 1. The average molecular weight is 283 g/mol. The fourth-order valence-corrected chi connectivity index (χ4v) is 1.52. The van der Waals surface area contributed by atoms with Crippen LogP contribution in [0.4, 0.5) is 19.0 Å². The lowest BCUT2D eigenvalue weighted by Gasteiger charge is -2.10. The molecule has 0 aliphatic carbocycles. The molecule has 0 aliphatic heterocycles. The van der Waals surface area contributed by atoms with Crippen molar-refractivity contribution < 1.29 is 17.9 Å². The SMILES string of the molecule is Cc1ccc(Oc2cc(N)nc(C(F)(F)F)n2)cc1C. The molecule has 0 radical (unpaired) electrons. The summed E-state index contributed by atoms with van der Waals surface area (Å²) >= 11 is 0. The van der Waals surface area contributed by atoms with Crippen LogP contribution in [0, 0.1) is 13.8 Å². The van der Waals surface area contributed by atoms with Crippen LogP contribution < -0.4 is 10.5 Å². The summed E-state index contributed by atoms with van der Waals surface area (Å²) < 4.78 is 43.0. The lowest BCUT2D eigenvalue weighted by atomic mass is 10.1. The maximum atomic E-state index is 12.6. The number of benzene rings is 1. The number of nitrogens with two attached hydrogens (primary N) is 1. The van der Waals surface area contributed by atoms with Crippen LogP contribution in [0.25, 0.3) is 0 Å². The Kier molecular flexibility index (Phi) is 3.52. The molecule has 0 fully saturated rings. The third kappa shape index (κ3) is 3.17. The first kappa shape index (κ1) is 14.1. The molecule has 4 nitrogen and oxygen atoms in total. The van der Waals surface area contributed by atoms with E-state index < -0.39 is 12.0 Å². The number of alkyl halides is 3. The standard InChI is InChI=1S/C13H12F3N3O/c1-7-3-4-9(5-8(7)2)20-11-6-10(17)18-12(19-11)13(14,15)16/h3-6H,1-2H3,(H2,17,18,19). The summed E-state index contributed by atoms with van der Waals surface area (Å²) in [6.07, 6.45) is -4.67. The maximum absolute atomic E-state index is 12.6. The van der Waals surface area contributed by atoms with Gasteiger partial charge in [0, 0.05) is 6.07 Å². The minimum absolute atomic E-state index is 0.243. The molecule has 106 valence electrons. The van der Waals surface area contributed by atoms with Crippen molar-refractivity contribution in [2.75, 3.05) is 5.73 Å². The molecule has 1 heterocycles. The molecule has 0 aliphatic rings. The summed E-state index contributed by atoms with van der Waals surface area (Å²) in [6.45, 7) is 3.79. The number of ether oxygens (including phenoxy) is 1. The molecule has 7 heteroatoms. The van der Waals surface area contributed by atoms with Crippen LogP contribution in [0.15, 0.2) is 24.3 Å². The van der Waals surface area contributed by atoms with Gasteiger partial charge in [-0.2, -0.15) is 18.2 Å². The molecule has 0 spiro atoms. The molecular weight excluding hydrogens is 271 g/mol. The van der Waals surface area contributed by atoms with Gasteiger partial charge in [-0.3, -0.25) is 0 Å². The first-order valence-corrected chi connectivity index (χ1v) is 5.72. The van der Waals surface area contributed by atoms with Crippen molar-refractivity contribution in [2.45, 2.75) is 20.0 Å². The molecule has 20 heavy (non-hydrogen) atoms. The molecule has 2 rings (SSSR count). The topological polar surface area (TPSA) is 61.0 Å². The van der Waals surface area contributed by atoms with Gasteiger partial charge in [0.15, 0.2) is 0 Å². The fraction of sp³-hybridized carbons (Fsp3) is 0.231. The molecule has 0 unspecified atom stereocenters. The lowest BCUT2D eigenvalue weighted by Crippen LogP contribution is -2.12. The van der Waals surface area contributed by atoms with Crippen molar-refractivity contribution in [2.24, 2.45) is 0 Å². The largest absolute Gasteiger partial charge is 0.451 e. The Bertz CT molecular complexity index is 641. The van der Waals surface area contributed by atoms with Crippen molar-refractivity contribution in [1.29, 1.82) is 0 Å². The van der Waals surface area contributed by atoms with Crippen molar-refractivity contribution in [3.05, 3.63) is 41.2 Å². The van der Waals surface area contributed by atoms with E-state index in [2.05, 4.69) is 9.97 Å². The molecule has 0 bridgehead atoms. The van der Waals surface area contributed by atoms with Gasteiger partial charge in [-0.1, -0.05) is 6.07 Å². The fourth-order valence-electron chi connectivity index (χ4n) is 1.52. The van der Waals surface area contributed by atoms with Crippen molar-refractivity contribution in [3.63, 3.8) is 0 Å². The van der Waals surface area contributed by atoms with Crippen LogP contribution in [0.5, 0.6) is 11.6 Å². The Morgan fingerprint density at radius 3 is 2.35 bits per heavy atom. The average Bonchev–Trinajstić information content (AvgIpc) is 2.32. The second-order valence-corrected chi connectivity index (χ2v) is 4.30. The van der Waals surface area contributed by atoms with Crippen molar-refractivity contribution in [1.82, 2.24) is 9.97 Å². The predicted octanol–water partition coefficient (Wildman–Crippen LogP) is 3.49. The number of hydrogen-bond donors (Lipinski definition) is 1. The van der Waals surface area contributed by atoms with E-state index in [-0.39, 0.29) is 11.7 Å². The van der Waals surface area contributed by atoms with E-state index in [0.717, 1.165) is 17.2 Å². The third-order valence-corrected chi connectivity index (χ3v) is 2.68. The number of nitrogens with zero attached hydrogens (tertiary/aromatic N) is 2. The van der Waals surface area contributed by atoms with Gasteiger partial charge >= 0.3 is 6.18 Å². The first-order valence-electron chi connectivity index (χ1n) is 5.72. The van der Waals surface area contributed by atoms with Crippen LogP contribution in [0.3, 0.4) is 0 Å². The summed E-state index contributed by atoms with van der Waals surface area (Å²) in [4.78, 5) is 6.45. The zero-order valence-corrected chi connectivity index (χ0v) is 10.8. The number of hydrogen-bond acceptors (Lipinski definition) is 4. The van der Waals surface area contributed by atoms with E-state index in [9.17, 15) is 13.2 Å². The summed E-state index contributed by atoms with van der Waals surface area (Å²) in [7, 11) is 0. The Morgan fingerprint density at radius 1 is 1.05 bits per heavy atom. The molecule has 0 atom stereocenters. The zero-order chi connectivity index (χ0) is 14.9. The number of aryl methyl sites for hydroxylation is 2. The van der Waals surface area contributed by atoms with Crippen LogP contribution in [0.1, 0.15) is 17.0 Å². The summed E-state index contributed by atoms with van der Waals surface area (Å²) in [5.74, 6) is -1.48. The van der Waals surface area contributed by atoms with E-state index >= 15 is 0 Å². The van der Waals surface area contributed by atoms with Gasteiger partial charge in [0.25, 0.3) is 0 Å². The molecule has 0 saturated heterocycles. The van der Waals surface area contributed by atoms with Crippen LogP contribution >= 0.6 is 0 Å². The molecule has 0 saturated carbocycles. The Balaban J connectivity index is 2.33. The molecule has 2 N–H and O–H groups in total. The number of aromatic nitrogens is 2. The maximum Gasteiger partial charge on any atom is 0.451 e. The zero-order valence-electron chi connectivity index (χ0n) is 10.8. The summed E-state index contributed by atoms with van der Waals surface area (Å²) in [6, 6.07) is 6.30. The number of halogens is 3. The van der Waals surface area contributed by atoms with Crippen molar-refractivity contribution >= 4 is 5.82 Å². The van der Waals surface area contributed by atoms with Crippen LogP contribution in [-0.4, -0.2) is 9.97 Å². The predicted molar refractivity (Wildman–Crippen MR) is 67.4 cm³/mol. The minimum Gasteiger partial charge on any atom is -0.439 e. The molecule has 0 amide bonds. The third-order valence-electron chi connectivity index (χ3n) is 2.68. The van der Waals surface area contributed by atoms with Gasteiger partial charge in [0.1, 0.15) is 11.6 Å². The first-order chi connectivity index (χ1) is 9.25. The van der Waals surface area contributed by atoms with E-state index in [1.165, 1.54) is 0 Å². The smallest absolute Gasteiger partial charge is 0.439 e. The monoisotopic (exact) mass is 283 g/mol. The number of anilines is 1. The second kappa shape index (κ2) is 4.99. The Labute approximate surface area is 113 Å². The Morgan fingerprint density at radius 2 is 1.75 bits per heavy atom. The van der Waals surface area contributed by atoms with Crippen molar-refractivity contribution in [3.8, 4) is 11.6 Å². The Hall–Kier alpha value is -2.31. The van der Waals surface area contributed by atoms with Gasteiger partial charge in [0.05, 0.1) is 0 Å².